The molecule has 0 saturated heterocycles. The molecule has 0 saturated carbocycles. The topological polar surface area (TPSA) is 114 Å². The molecule has 3 unspecified atom stereocenters. The van der Waals surface area contributed by atoms with E-state index in [-0.39, 0.29) is 24.9 Å². The van der Waals surface area contributed by atoms with Crippen molar-refractivity contribution >= 4 is 19.7 Å². The number of allylic oxidation sites excluding steroid dienone is 7. The van der Waals surface area contributed by atoms with E-state index in [4.69, 9.17) is 13.8 Å². The number of hydrogen-bond donors (Lipinski definition) is 1. The number of carbonyl (C=O) groups excluding carboxylic acids is 2. The van der Waals surface area contributed by atoms with Crippen LogP contribution < -0.4 is 10.2 Å². The summed E-state index contributed by atoms with van der Waals surface area (Å²) in [5.41, 5.74) is 0. The second-order valence-corrected chi connectivity index (χ2v) is 22.9. The van der Waals surface area contributed by atoms with Crippen molar-refractivity contribution < 1.29 is 37.3 Å². The van der Waals surface area contributed by atoms with E-state index in [0.29, 0.717) is 23.9 Å². The number of esters is 1. The Balaban J connectivity index is 5.34. The second-order valence-electron chi connectivity index (χ2n) is 21.5. The number of phosphoric ester groups is 1. The number of nitrogens with zero attached hydrogens (tertiary/aromatic N) is 1. The van der Waals surface area contributed by atoms with Crippen LogP contribution in [0.4, 0.5) is 0 Å². The average molecular weight is 1020 g/mol. The van der Waals surface area contributed by atoms with Gasteiger partial charge in [0.25, 0.3) is 7.82 Å². The summed E-state index contributed by atoms with van der Waals surface area (Å²) < 4.78 is 30.3. The first-order chi connectivity index (χ1) is 34.4. The van der Waals surface area contributed by atoms with Crippen LogP contribution in [-0.2, 0) is 27.9 Å². The number of likely N-dealkylation sites (N-methyl/N-ethyl adjacent to an activating group) is 1. The highest BCUT2D eigenvalue weighted by molar-refractivity contribution is 7.45. The molecule has 0 rings (SSSR count). The summed E-state index contributed by atoms with van der Waals surface area (Å²) in [5, 5.41) is 3.02. The third kappa shape index (κ3) is 52.6. The van der Waals surface area contributed by atoms with Gasteiger partial charge in [0.1, 0.15) is 19.3 Å². The zero-order valence-electron chi connectivity index (χ0n) is 47.4. The molecule has 0 bridgehead atoms. The maximum Gasteiger partial charge on any atom is 0.306 e. The van der Waals surface area contributed by atoms with Gasteiger partial charge in [-0.25, -0.2) is 0 Å². The zero-order valence-corrected chi connectivity index (χ0v) is 48.3. The third-order valence-corrected chi connectivity index (χ3v) is 14.2. The van der Waals surface area contributed by atoms with Crippen LogP contribution in [0.1, 0.15) is 278 Å². The van der Waals surface area contributed by atoms with E-state index in [1.54, 1.807) is 0 Å². The van der Waals surface area contributed by atoms with E-state index >= 15 is 0 Å². The SMILES string of the molecule is CCCCC/C=C\C/C=C\C/C=C\CCCCCCC(=O)OC(/C=C/CCCCCCCCCCCC)C(COP(=O)([O-])OCC[N+](C)(C)C)NC(=O)CCCCCCCCCCCCCCCCCC. The predicted octanol–water partition coefficient (Wildman–Crippen LogP) is 17.5. The third-order valence-electron chi connectivity index (χ3n) is 13.3. The van der Waals surface area contributed by atoms with Crippen molar-refractivity contribution in [3.05, 3.63) is 48.6 Å². The maximum absolute atomic E-state index is 13.5. The van der Waals surface area contributed by atoms with Gasteiger partial charge in [0, 0.05) is 12.8 Å². The highest BCUT2D eigenvalue weighted by atomic mass is 31.2. The largest absolute Gasteiger partial charge is 0.756 e. The van der Waals surface area contributed by atoms with Gasteiger partial charge >= 0.3 is 5.97 Å². The van der Waals surface area contributed by atoms with Gasteiger partial charge in [-0.1, -0.05) is 243 Å². The number of ether oxygens (including phenoxy) is 1. The highest BCUT2D eigenvalue weighted by Gasteiger charge is 2.27. The first-order valence-corrected chi connectivity index (χ1v) is 31.4. The fraction of sp³-hybridized carbons (Fsp3) is 0.836. The zero-order chi connectivity index (χ0) is 52.2. The number of carbonyl (C=O) groups is 2. The molecule has 0 radical (unpaired) electrons. The first kappa shape index (κ1) is 69.0. The Morgan fingerprint density at radius 2 is 0.859 bits per heavy atom. The van der Waals surface area contributed by atoms with Crippen LogP contribution in [0.2, 0.25) is 0 Å². The Bertz CT molecular complexity index is 1360. The molecule has 0 spiro atoms. The summed E-state index contributed by atoms with van der Waals surface area (Å²) in [6, 6.07) is -0.894. The van der Waals surface area contributed by atoms with Crippen molar-refractivity contribution in [2.45, 2.75) is 290 Å². The van der Waals surface area contributed by atoms with Gasteiger partial charge in [0.2, 0.25) is 5.91 Å². The molecule has 0 aromatic rings. The fourth-order valence-corrected chi connectivity index (χ4v) is 9.31. The number of rotatable bonds is 54. The highest BCUT2D eigenvalue weighted by Crippen LogP contribution is 2.38. The van der Waals surface area contributed by atoms with Crippen LogP contribution in [0.5, 0.6) is 0 Å². The van der Waals surface area contributed by atoms with Crippen LogP contribution in [0, 0.1) is 0 Å². The molecule has 71 heavy (non-hydrogen) atoms. The van der Waals surface area contributed by atoms with Crippen molar-refractivity contribution in [3.8, 4) is 0 Å². The van der Waals surface area contributed by atoms with Crippen molar-refractivity contribution in [1.29, 1.82) is 0 Å². The van der Waals surface area contributed by atoms with Crippen molar-refractivity contribution in [2.24, 2.45) is 0 Å². The number of quaternary nitrogens is 1. The van der Waals surface area contributed by atoms with Gasteiger partial charge in [0.05, 0.1) is 33.8 Å². The van der Waals surface area contributed by atoms with Gasteiger partial charge in [-0.3, -0.25) is 14.2 Å². The van der Waals surface area contributed by atoms with Gasteiger partial charge in [-0.2, -0.15) is 0 Å². The molecule has 0 fully saturated rings. The average Bonchev–Trinajstić information content (AvgIpc) is 3.33. The van der Waals surface area contributed by atoms with Gasteiger partial charge in [0.15, 0.2) is 0 Å². The fourth-order valence-electron chi connectivity index (χ4n) is 8.59. The molecular formula is C61H115N2O7P. The van der Waals surface area contributed by atoms with Crippen LogP contribution in [0.15, 0.2) is 48.6 Å². The van der Waals surface area contributed by atoms with E-state index in [2.05, 4.69) is 62.5 Å². The summed E-state index contributed by atoms with van der Waals surface area (Å²) in [6.07, 6.45) is 62.1. The number of unbranched alkanes of at least 4 members (excludes halogenated alkanes) is 32. The molecule has 0 aromatic carbocycles. The van der Waals surface area contributed by atoms with E-state index in [0.717, 1.165) is 77.0 Å². The normalized spacial score (nSPS) is 14.1. The Morgan fingerprint density at radius 1 is 0.493 bits per heavy atom. The Morgan fingerprint density at radius 3 is 1.31 bits per heavy atom. The quantitative estimate of drug-likeness (QED) is 0.0212. The smallest absolute Gasteiger partial charge is 0.306 e. The molecule has 3 atom stereocenters. The summed E-state index contributed by atoms with van der Waals surface area (Å²) in [6.45, 7) is 6.82. The van der Waals surface area contributed by atoms with Gasteiger partial charge in [-0.05, 0) is 70.3 Å². The van der Waals surface area contributed by atoms with Gasteiger partial charge < -0.3 is 28.5 Å². The van der Waals surface area contributed by atoms with Gasteiger partial charge in [-0.15, -0.1) is 0 Å². The lowest BCUT2D eigenvalue weighted by Crippen LogP contribution is -2.47. The molecule has 0 aliphatic rings. The molecule has 1 amide bonds. The molecular weight excluding hydrogens is 904 g/mol. The minimum Gasteiger partial charge on any atom is -0.756 e. The summed E-state index contributed by atoms with van der Waals surface area (Å²) in [7, 11) is 1.18. The van der Waals surface area contributed by atoms with E-state index in [1.807, 2.05) is 33.3 Å². The maximum atomic E-state index is 13.5. The lowest BCUT2D eigenvalue weighted by atomic mass is 10.0. The molecule has 0 aliphatic heterocycles. The molecule has 10 heteroatoms. The van der Waals surface area contributed by atoms with Crippen LogP contribution in [0.25, 0.3) is 0 Å². The minimum absolute atomic E-state index is 0.0251. The summed E-state index contributed by atoms with van der Waals surface area (Å²) in [4.78, 5) is 39.9. The van der Waals surface area contributed by atoms with Crippen molar-refractivity contribution in [2.75, 3.05) is 40.9 Å². The lowest BCUT2D eigenvalue weighted by molar-refractivity contribution is -0.870. The molecule has 1 N–H and O–H groups in total. The summed E-state index contributed by atoms with van der Waals surface area (Å²) in [5.74, 6) is -0.558. The van der Waals surface area contributed by atoms with E-state index in [9.17, 15) is 19.0 Å². The summed E-state index contributed by atoms with van der Waals surface area (Å²) >= 11 is 0. The molecule has 416 valence electrons. The predicted molar refractivity (Wildman–Crippen MR) is 302 cm³/mol. The number of hydrogen-bond acceptors (Lipinski definition) is 7. The monoisotopic (exact) mass is 1020 g/mol. The second kappa shape index (κ2) is 51.5. The van der Waals surface area contributed by atoms with E-state index in [1.165, 1.54) is 161 Å². The lowest BCUT2D eigenvalue weighted by Gasteiger charge is -2.30. The Hall–Kier alpha value is -2.03. The number of phosphoric acid groups is 1. The van der Waals surface area contributed by atoms with E-state index < -0.39 is 26.6 Å². The molecule has 0 heterocycles. The minimum atomic E-state index is -4.70. The first-order valence-electron chi connectivity index (χ1n) is 29.9. The van der Waals surface area contributed by atoms with Crippen molar-refractivity contribution in [1.82, 2.24) is 5.32 Å². The number of nitrogens with one attached hydrogen (secondary N) is 1. The number of amides is 1. The molecule has 0 aliphatic carbocycles. The molecule has 0 aromatic heterocycles. The van der Waals surface area contributed by atoms with Crippen LogP contribution in [0.3, 0.4) is 0 Å². The van der Waals surface area contributed by atoms with Crippen LogP contribution in [-0.4, -0.2) is 69.4 Å². The molecule has 9 nitrogen and oxygen atoms in total. The van der Waals surface area contributed by atoms with Crippen LogP contribution >= 0.6 is 7.82 Å². The standard InChI is InChI=1S/C61H115N2O7P/c1-7-10-13-16-19-22-25-28-30-32-34-36-39-42-45-48-51-54-61(65)70-59(52-49-46-43-40-37-27-24-21-18-15-12-9-3)58(57-69-71(66,67)68-56-55-63(4,5)6)62-60(64)53-50-47-44-41-38-35-33-31-29-26-23-20-17-14-11-8-2/h19,22,28,30,34,36,49,52,58-59H,7-18,20-21,23-27,29,31-33,35,37-48,50-51,53-57H2,1-6H3,(H-,62,64,66,67)/b22-19-,30-28-,36-34-,52-49+. The van der Waals surface area contributed by atoms with Crippen molar-refractivity contribution in [3.63, 3.8) is 0 Å². The Labute approximate surface area is 439 Å². The Kier molecular flexibility index (Phi) is 50.0.